The van der Waals surface area contributed by atoms with Gasteiger partial charge in [-0.3, -0.25) is 0 Å². The van der Waals surface area contributed by atoms with Gasteiger partial charge in [0.2, 0.25) is 0 Å². The lowest BCUT2D eigenvalue weighted by atomic mass is 10.1. The van der Waals surface area contributed by atoms with Crippen LogP contribution in [0.4, 0.5) is 16.3 Å². The summed E-state index contributed by atoms with van der Waals surface area (Å²) in [6.45, 7) is 4.44. The lowest BCUT2D eigenvalue weighted by Crippen LogP contribution is -2.50. The minimum Gasteiger partial charge on any atom is -0.493 e. The molecule has 1 aliphatic heterocycles. The third-order valence-corrected chi connectivity index (χ3v) is 6.05. The van der Waals surface area contributed by atoms with Crippen molar-refractivity contribution in [2.45, 2.75) is 6.92 Å². The number of aromatic nitrogens is 2. The summed E-state index contributed by atoms with van der Waals surface area (Å²) in [5, 5.41) is 3.55. The Kier molecular flexibility index (Phi) is 6.84. The number of benzene rings is 2. The van der Waals surface area contributed by atoms with Gasteiger partial charge in [-0.25, -0.2) is 14.8 Å². The molecule has 33 heavy (non-hydrogen) atoms. The molecule has 9 heteroatoms. The highest BCUT2D eigenvalue weighted by Gasteiger charge is 2.22. The van der Waals surface area contributed by atoms with Crippen molar-refractivity contribution in [3.8, 4) is 22.8 Å². The zero-order chi connectivity index (χ0) is 23.4. The number of urea groups is 1. The molecule has 1 aromatic heterocycles. The van der Waals surface area contributed by atoms with Gasteiger partial charge in [-0.05, 0) is 42.8 Å². The quantitative estimate of drug-likeness (QED) is 0.596. The van der Waals surface area contributed by atoms with Gasteiger partial charge >= 0.3 is 6.03 Å². The van der Waals surface area contributed by atoms with E-state index in [4.69, 9.17) is 21.1 Å². The van der Waals surface area contributed by atoms with Gasteiger partial charge in [0.25, 0.3) is 0 Å². The number of nitrogens with one attached hydrogen (secondary N) is 1. The second kappa shape index (κ2) is 9.95. The summed E-state index contributed by atoms with van der Waals surface area (Å²) in [5.74, 6) is 2.13. The molecule has 2 amide bonds. The van der Waals surface area contributed by atoms with Crippen LogP contribution >= 0.6 is 11.6 Å². The van der Waals surface area contributed by atoms with E-state index in [-0.39, 0.29) is 6.03 Å². The minimum atomic E-state index is -0.136. The maximum Gasteiger partial charge on any atom is 0.321 e. The minimum absolute atomic E-state index is 0.136. The normalized spacial score (nSPS) is 13.6. The Morgan fingerprint density at radius 2 is 1.73 bits per heavy atom. The average Bonchev–Trinajstić information content (AvgIpc) is 2.86. The molecule has 1 fully saturated rings. The summed E-state index contributed by atoms with van der Waals surface area (Å²) < 4.78 is 10.7. The number of methoxy groups -OCH3 is 2. The Balaban J connectivity index is 1.41. The molecule has 0 spiro atoms. The average molecular weight is 468 g/mol. The van der Waals surface area contributed by atoms with Crippen molar-refractivity contribution in [3.63, 3.8) is 0 Å². The second-order valence-electron chi connectivity index (χ2n) is 7.70. The Morgan fingerprint density at radius 3 is 2.42 bits per heavy atom. The second-order valence-corrected chi connectivity index (χ2v) is 8.11. The molecule has 0 unspecified atom stereocenters. The fourth-order valence-corrected chi connectivity index (χ4v) is 3.87. The van der Waals surface area contributed by atoms with Crippen molar-refractivity contribution < 1.29 is 14.3 Å². The molecule has 0 radical (unpaired) electrons. The molecule has 0 aliphatic carbocycles. The van der Waals surface area contributed by atoms with Gasteiger partial charge in [0.05, 0.1) is 19.9 Å². The van der Waals surface area contributed by atoms with E-state index in [0.29, 0.717) is 48.4 Å². The van der Waals surface area contributed by atoms with Crippen LogP contribution in [0.1, 0.15) is 5.56 Å². The monoisotopic (exact) mass is 467 g/mol. The summed E-state index contributed by atoms with van der Waals surface area (Å²) >= 11 is 6.16. The van der Waals surface area contributed by atoms with Gasteiger partial charge < -0.3 is 24.6 Å². The van der Waals surface area contributed by atoms with Crippen LogP contribution in [0.3, 0.4) is 0 Å². The first-order valence-corrected chi connectivity index (χ1v) is 11.0. The number of carbonyl (C=O) groups is 1. The van der Waals surface area contributed by atoms with E-state index in [0.717, 1.165) is 22.6 Å². The zero-order valence-electron chi connectivity index (χ0n) is 18.8. The maximum atomic E-state index is 12.7. The summed E-state index contributed by atoms with van der Waals surface area (Å²) in [6, 6.07) is 13.0. The number of halogens is 1. The lowest BCUT2D eigenvalue weighted by molar-refractivity contribution is 0.208. The SMILES string of the molecule is COc1ccc(-c2cc(N3CCN(C(=O)Nc4ccc(C)c(Cl)c4)CC3)ncn2)cc1OC. The number of hydrogen-bond acceptors (Lipinski definition) is 6. The van der Waals surface area contributed by atoms with E-state index in [1.165, 1.54) is 0 Å². The van der Waals surface area contributed by atoms with E-state index in [1.807, 2.05) is 43.3 Å². The maximum absolute atomic E-state index is 12.7. The van der Waals surface area contributed by atoms with Crippen molar-refractivity contribution >= 4 is 29.1 Å². The molecule has 2 aromatic carbocycles. The van der Waals surface area contributed by atoms with Gasteiger partial charge in [0.15, 0.2) is 11.5 Å². The third-order valence-electron chi connectivity index (χ3n) is 5.65. The Labute approximate surface area is 198 Å². The Bertz CT molecular complexity index is 1150. The van der Waals surface area contributed by atoms with Gasteiger partial charge in [-0.1, -0.05) is 17.7 Å². The highest BCUT2D eigenvalue weighted by molar-refractivity contribution is 6.31. The van der Waals surface area contributed by atoms with E-state index < -0.39 is 0 Å². The number of anilines is 2. The predicted molar refractivity (Wildman–Crippen MR) is 130 cm³/mol. The van der Waals surface area contributed by atoms with Crippen molar-refractivity contribution in [3.05, 3.63) is 59.4 Å². The third kappa shape index (κ3) is 5.12. The zero-order valence-corrected chi connectivity index (χ0v) is 19.6. The van der Waals surface area contributed by atoms with Crippen molar-refractivity contribution in [1.82, 2.24) is 14.9 Å². The number of rotatable bonds is 5. The molecular formula is C24H26ClN5O3. The first kappa shape index (κ1) is 22.7. The molecule has 0 saturated carbocycles. The van der Waals surface area contributed by atoms with Crippen LogP contribution in [-0.4, -0.2) is 61.3 Å². The highest BCUT2D eigenvalue weighted by atomic mass is 35.5. The molecule has 3 aromatic rings. The fourth-order valence-electron chi connectivity index (χ4n) is 3.69. The van der Waals surface area contributed by atoms with Crippen LogP contribution < -0.4 is 19.7 Å². The van der Waals surface area contributed by atoms with Crippen molar-refractivity contribution in [2.75, 3.05) is 50.6 Å². The fraction of sp³-hybridized carbons (Fsp3) is 0.292. The molecule has 172 valence electrons. The number of piperazine rings is 1. The van der Waals surface area contributed by atoms with Gasteiger partial charge in [-0.2, -0.15) is 0 Å². The van der Waals surface area contributed by atoms with Gasteiger partial charge in [0, 0.05) is 48.5 Å². The number of ether oxygens (including phenoxy) is 2. The molecule has 1 N–H and O–H groups in total. The summed E-state index contributed by atoms with van der Waals surface area (Å²) in [4.78, 5) is 25.5. The van der Waals surface area contributed by atoms with Gasteiger partial charge in [-0.15, -0.1) is 0 Å². The smallest absolute Gasteiger partial charge is 0.321 e. The van der Waals surface area contributed by atoms with Crippen LogP contribution in [0.15, 0.2) is 48.8 Å². The Hall–Kier alpha value is -3.52. The summed E-state index contributed by atoms with van der Waals surface area (Å²) in [7, 11) is 3.21. The highest BCUT2D eigenvalue weighted by Crippen LogP contribution is 2.32. The van der Waals surface area contributed by atoms with Crippen LogP contribution in [0.5, 0.6) is 11.5 Å². The topological polar surface area (TPSA) is 79.8 Å². The number of hydrogen-bond donors (Lipinski definition) is 1. The van der Waals surface area contributed by atoms with E-state index in [1.54, 1.807) is 31.5 Å². The first-order valence-electron chi connectivity index (χ1n) is 10.6. The Morgan fingerprint density at radius 1 is 0.970 bits per heavy atom. The van der Waals surface area contributed by atoms with Gasteiger partial charge in [0.1, 0.15) is 12.1 Å². The van der Waals surface area contributed by atoms with Crippen molar-refractivity contribution in [1.29, 1.82) is 0 Å². The molecular weight excluding hydrogens is 442 g/mol. The molecule has 4 rings (SSSR count). The summed E-state index contributed by atoms with van der Waals surface area (Å²) in [6.07, 6.45) is 1.56. The van der Waals surface area contributed by atoms with Crippen LogP contribution in [-0.2, 0) is 0 Å². The lowest BCUT2D eigenvalue weighted by Gasteiger charge is -2.35. The molecule has 0 bridgehead atoms. The number of carbonyl (C=O) groups excluding carboxylic acids is 1. The summed E-state index contributed by atoms with van der Waals surface area (Å²) in [5.41, 5.74) is 3.36. The molecule has 0 atom stereocenters. The van der Waals surface area contributed by atoms with E-state index in [2.05, 4.69) is 20.2 Å². The molecule has 8 nitrogen and oxygen atoms in total. The van der Waals surface area contributed by atoms with Crippen LogP contribution in [0.25, 0.3) is 11.3 Å². The standard InChI is InChI=1S/C24H26ClN5O3/c1-16-4-6-18(13-19(16)25)28-24(31)30-10-8-29(9-11-30)23-14-20(26-15-27-23)17-5-7-21(32-2)22(12-17)33-3/h4-7,12-15H,8-11H2,1-3H3,(H,28,31). The largest absolute Gasteiger partial charge is 0.493 e. The number of nitrogens with zero attached hydrogens (tertiary/aromatic N) is 4. The first-order chi connectivity index (χ1) is 16.0. The molecule has 1 saturated heterocycles. The van der Waals surface area contributed by atoms with Crippen LogP contribution in [0, 0.1) is 6.92 Å². The number of amides is 2. The molecule has 1 aliphatic rings. The van der Waals surface area contributed by atoms with E-state index in [9.17, 15) is 4.79 Å². The number of aryl methyl sites for hydroxylation is 1. The predicted octanol–water partition coefficient (Wildman–Crippen LogP) is 4.48. The van der Waals surface area contributed by atoms with Crippen molar-refractivity contribution in [2.24, 2.45) is 0 Å². The van der Waals surface area contributed by atoms with E-state index >= 15 is 0 Å². The van der Waals surface area contributed by atoms with Crippen LogP contribution in [0.2, 0.25) is 5.02 Å². The molecule has 2 heterocycles.